The van der Waals surface area contributed by atoms with E-state index in [9.17, 15) is 9.18 Å². The van der Waals surface area contributed by atoms with E-state index in [1.54, 1.807) is 49.1 Å². The largest absolute Gasteiger partial charge is 0.339 e. The highest BCUT2D eigenvalue weighted by Crippen LogP contribution is 2.38. The average molecular weight is 452 g/mol. The van der Waals surface area contributed by atoms with E-state index in [0.29, 0.717) is 17.9 Å². The first-order chi connectivity index (χ1) is 16.6. The summed E-state index contributed by atoms with van der Waals surface area (Å²) >= 11 is 0. The van der Waals surface area contributed by atoms with Gasteiger partial charge in [0.05, 0.1) is 11.7 Å². The molecule has 0 bridgehead atoms. The van der Waals surface area contributed by atoms with Crippen molar-refractivity contribution in [3.63, 3.8) is 0 Å². The molecular formula is C26H21FN6O. The monoisotopic (exact) mass is 452 g/mol. The molecule has 0 fully saturated rings. The Morgan fingerprint density at radius 1 is 0.971 bits per heavy atom. The van der Waals surface area contributed by atoms with E-state index >= 15 is 0 Å². The molecule has 0 aliphatic carbocycles. The van der Waals surface area contributed by atoms with Crippen molar-refractivity contribution in [1.29, 1.82) is 0 Å². The lowest BCUT2D eigenvalue weighted by Crippen LogP contribution is -2.37. The normalized spacial score (nSPS) is 11.9. The lowest BCUT2D eigenvalue weighted by atomic mass is 10.00. The molecule has 7 nitrogen and oxygen atoms in total. The van der Waals surface area contributed by atoms with Crippen LogP contribution in [-0.2, 0) is 11.2 Å². The number of halogens is 1. The Bertz CT molecular complexity index is 1440. The molecule has 0 spiro atoms. The van der Waals surface area contributed by atoms with Crippen LogP contribution in [0.4, 0.5) is 10.2 Å². The summed E-state index contributed by atoms with van der Waals surface area (Å²) in [6, 6.07) is 16.6. The maximum atomic E-state index is 13.5. The van der Waals surface area contributed by atoms with Gasteiger partial charge in [-0.2, -0.15) is 0 Å². The molecule has 1 aromatic carbocycles. The van der Waals surface area contributed by atoms with Gasteiger partial charge in [-0.1, -0.05) is 6.07 Å². The van der Waals surface area contributed by atoms with Crippen LogP contribution in [0.2, 0.25) is 0 Å². The maximum Gasteiger partial charge on any atom is 0.242 e. The number of fused-ring (bicyclic) bond motifs is 1. The Morgan fingerprint density at radius 2 is 1.76 bits per heavy atom. The molecule has 0 radical (unpaired) electrons. The summed E-state index contributed by atoms with van der Waals surface area (Å²) in [4.78, 5) is 28.8. The zero-order valence-corrected chi connectivity index (χ0v) is 18.1. The van der Waals surface area contributed by atoms with Gasteiger partial charge in [0.25, 0.3) is 0 Å². The van der Waals surface area contributed by atoms with Crippen LogP contribution in [-0.4, -0.2) is 31.9 Å². The molecule has 1 unspecified atom stereocenters. The molecule has 1 amide bonds. The summed E-state index contributed by atoms with van der Waals surface area (Å²) in [5, 5.41) is 3.66. The van der Waals surface area contributed by atoms with Gasteiger partial charge < -0.3 is 16.0 Å². The number of aromatic amines is 1. The van der Waals surface area contributed by atoms with E-state index in [4.69, 9.17) is 5.73 Å². The molecule has 5 aromatic rings. The van der Waals surface area contributed by atoms with Crippen molar-refractivity contribution in [1.82, 2.24) is 19.9 Å². The van der Waals surface area contributed by atoms with E-state index in [2.05, 4.69) is 25.3 Å². The number of aromatic nitrogens is 4. The highest BCUT2D eigenvalue weighted by molar-refractivity contribution is 6.03. The Morgan fingerprint density at radius 3 is 2.50 bits per heavy atom. The van der Waals surface area contributed by atoms with Crippen molar-refractivity contribution in [3.05, 3.63) is 96.8 Å². The van der Waals surface area contributed by atoms with E-state index < -0.39 is 6.04 Å². The summed E-state index contributed by atoms with van der Waals surface area (Å²) in [5.74, 6) is -0.265. The van der Waals surface area contributed by atoms with Gasteiger partial charge in [-0.25, -0.2) is 9.37 Å². The molecule has 0 saturated heterocycles. The SMILES string of the molecule is NC(Cc1cccnc1)C(=O)Nc1ccc2c(-c3ccncc3)c(-c3ccc(F)cc3)[nH]c2n1. The van der Waals surface area contributed by atoms with Gasteiger partial charge >= 0.3 is 0 Å². The van der Waals surface area contributed by atoms with Crippen molar-refractivity contribution in [2.24, 2.45) is 5.73 Å². The number of anilines is 1. The van der Waals surface area contributed by atoms with Gasteiger partial charge in [-0.15, -0.1) is 0 Å². The molecule has 0 saturated carbocycles. The summed E-state index contributed by atoms with van der Waals surface area (Å²) in [5.41, 5.74) is 11.0. The fraction of sp³-hybridized carbons (Fsp3) is 0.0769. The average Bonchev–Trinajstić information content (AvgIpc) is 3.24. The number of hydrogen-bond donors (Lipinski definition) is 3. The van der Waals surface area contributed by atoms with Gasteiger partial charge in [0, 0.05) is 35.7 Å². The zero-order valence-electron chi connectivity index (χ0n) is 18.1. The van der Waals surface area contributed by atoms with Crippen LogP contribution >= 0.6 is 0 Å². The van der Waals surface area contributed by atoms with Crippen LogP contribution in [0.25, 0.3) is 33.4 Å². The first kappa shape index (κ1) is 21.4. The number of pyridine rings is 3. The van der Waals surface area contributed by atoms with Crippen LogP contribution in [0.5, 0.6) is 0 Å². The molecule has 8 heteroatoms. The quantitative estimate of drug-likeness (QED) is 0.355. The van der Waals surface area contributed by atoms with Crippen LogP contribution in [0.1, 0.15) is 5.56 Å². The maximum absolute atomic E-state index is 13.5. The number of rotatable bonds is 6. The minimum atomic E-state index is -0.743. The van der Waals surface area contributed by atoms with Crippen LogP contribution < -0.4 is 11.1 Å². The van der Waals surface area contributed by atoms with Crippen molar-refractivity contribution < 1.29 is 9.18 Å². The van der Waals surface area contributed by atoms with E-state index in [-0.39, 0.29) is 11.7 Å². The van der Waals surface area contributed by atoms with Crippen LogP contribution in [0, 0.1) is 5.82 Å². The number of nitrogens with one attached hydrogen (secondary N) is 2. The molecule has 0 aliphatic rings. The van der Waals surface area contributed by atoms with Gasteiger partial charge in [0.15, 0.2) is 0 Å². The summed E-state index contributed by atoms with van der Waals surface area (Å²) in [6.07, 6.45) is 7.16. The van der Waals surface area contributed by atoms with Crippen LogP contribution in [0.3, 0.4) is 0 Å². The number of carbonyl (C=O) groups excluding carboxylic acids is 1. The Balaban J connectivity index is 1.48. The second kappa shape index (κ2) is 9.21. The lowest BCUT2D eigenvalue weighted by molar-refractivity contribution is -0.117. The third-order valence-corrected chi connectivity index (χ3v) is 5.53. The number of carbonyl (C=O) groups is 1. The number of nitrogens with two attached hydrogens (primary N) is 1. The highest BCUT2D eigenvalue weighted by Gasteiger charge is 2.19. The fourth-order valence-corrected chi connectivity index (χ4v) is 3.88. The zero-order chi connectivity index (χ0) is 23.5. The first-order valence-electron chi connectivity index (χ1n) is 10.7. The number of H-pyrrole nitrogens is 1. The topological polar surface area (TPSA) is 110 Å². The second-order valence-corrected chi connectivity index (χ2v) is 7.87. The second-order valence-electron chi connectivity index (χ2n) is 7.87. The Labute approximate surface area is 194 Å². The van der Waals surface area contributed by atoms with Crippen molar-refractivity contribution in [2.75, 3.05) is 5.32 Å². The molecule has 4 heterocycles. The van der Waals surface area contributed by atoms with Crippen LogP contribution in [0.15, 0.2) is 85.5 Å². The van der Waals surface area contributed by atoms with Crippen molar-refractivity contribution >= 4 is 22.8 Å². The molecule has 4 aromatic heterocycles. The van der Waals surface area contributed by atoms with Gasteiger partial charge in [-0.05, 0) is 77.7 Å². The standard InChI is InChI=1S/C26H21FN6O/c27-19-5-3-18(4-6-19)24-23(17-9-12-29-13-10-17)20-7-8-22(31-25(20)33-24)32-26(34)21(28)14-16-2-1-11-30-15-16/h1-13,15,21H,14,28H2,(H2,31,32,33,34). The van der Waals surface area contributed by atoms with Crippen molar-refractivity contribution in [3.8, 4) is 22.4 Å². The molecule has 4 N–H and O–H groups in total. The molecule has 34 heavy (non-hydrogen) atoms. The predicted octanol–water partition coefficient (Wildman–Crippen LogP) is 4.33. The summed E-state index contributed by atoms with van der Waals surface area (Å²) in [7, 11) is 0. The highest BCUT2D eigenvalue weighted by atomic mass is 19.1. The Hall–Kier alpha value is -4.43. The minimum absolute atomic E-state index is 0.309. The minimum Gasteiger partial charge on any atom is -0.339 e. The molecule has 0 aliphatic heterocycles. The summed E-state index contributed by atoms with van der Waals surface area (Å²) in [6.45, 7) is 0. The number of nitrogens with zero attached hydrogens (tertiary/aromatic N) is 3. The molecular weight excluding hydrogens is 431 g/mol. The predicted molar refractivity (Wildman–Crippen MR) is 129 cm³/mol. The summed E-state index contributed by atoms with van der Waals surface area (Å²) < 4.78 is 13.5. The lowest BCUT2D eigenvalue weighted by Gasteiger charge is -2.11. The molecule has 168 valence electrons. The third-order valence-electron chi connectivity index (χ3n) is 5.53. The van der Waals surface area contributed by atoms with Gasteiger partial charge in [0.2, 0.25) is 5.91 Å². The third kappa shape index (κ3) is 4.39. The van der Waals surface area contributed by atoms with Gasteiger partial charge in [0.1, 0.15) is 17.3 Å². The van der Waals surface area contributed by atoms with E-state index in [0.717, 1.165) is 33.3 Å². The van der Waals surface area contributed by atoms with Crippen molar-refractivity contribution in [2.45, 2.75) is 12.5 Å². The van der Waals surface area contributed by atoms with E-state index in [1.165, 1.54) is 12.1 Å². The number of hydrogen-bond acceptors (Lipinski definition) is 5. The fourth-order valence-electron chi connectivity index (χ4n) is 3.88. The van der Waals surface area contributed by atoms with Gasteiger partial charge in [-0.3, -0.25) is 14.8 Å². The smallest absolute Gasteiger partial charge is 0.242 e. The van der Waals surface area contributed by atoms with E-state index in [1.807, 2.05) is 24.3 Å². The molecule has 5 rings (SSSR count). The number of benzene rings is 1. The number of amides is 1. The molecule has 1 atom stereocenters. The first-order valence-corrected chi connectivity index (χ1v) is 10.7. The Kier molecular flexibility index (Phi) is 5.80.